The lowest BCUT2D eigenvalue weighted by Crippen LogP contribution is -2.27. The van der Waals surface area contributed by atoms with Gasteiger partial charge in [-0.1, -0.05) is 26.0 Å². The number of aryl methyl sites for hydroxylation is 1. The number of benzene rings is 3. The summed E-state index contributed by atoms with van der Waals surface area (Å²) in [5.41, 5.74) is 7.73. The van der Waals surface area contributed by atoms with Crippen molar-refractivity contribution in [1.29, 1.82) is 0 Å². The van der Waals surface area contributed by atoms with Crippen LogP contribution in [0.4, 0.5) is 20.3 Å². The molecule has 1 aliphatic rings. The number of aromatic amines is 1. The highest BCUT2D eigenvalue weighted by atomic mass is 32.2. The molecular weight excluding hydrogens is 564 g/mol. The quantitative estimate of drug-likeness (QED) is 0.244. The van der Waals surface area contributed by atoms with Crippen LogP contribution in [0.5, 0.6) is 11.5 Å². The van der Waals surface area contributed by atoms with E-state index in [2.05, 4.69) is 10.1 Å². The fourth-order valence-electron chi connectivity index (χ4n) is 5.25. The fourth-order valence-corrected chi connectivity index (χ4v) is 7.47. The Hall–Kier alpha value is -4.71. The van der Waals surface area contributed by atoms with Gasteiger partial charge in [0, 0.05) is 17.4 Å². The van der Waals surface area contributed by atoms with Crippen molar-refractivity contribution in [3.05, 3.63) is 95.3 Å². The number of aromatic nitrogens is 3. The fraction of sp³-hybridized carbons (Fsp3) is 0.200. The number of ketones is 1. The number of nitrogens with zero attached hydrogens (tertiary/aromatic N) is 3. The number of nitrogen functional groups attached to an aromatic ring is 1. The Balaban J connectivity index is 1.29. The van der Waals surface area contributed by atoms with E-state index in [0.29, 0.717) is 27.9 Å². The number of para-hydroxylation sites is 1. The van der Waals surface area contributed by atoms with E-state index >= 15 is 4.39 Å². The summed E-state index contributed by atoms with van der Waals surface area (Å²) in [6, 6.07) is 15.2. The smallest absolute Gasteiger partial charge is 0.235 e. The molecular formula is C30H27F2N5O4S. The second kappa shape index (κ2) is 9.69. The highest BCUT2D eigenvalue weighted by molar-refractivity contribution is 7.93. The van der Waals surface area contributed by atoms with Gasteiger partial charge in [-0.2, -0.15) is 5.10 Å². The molecule has 0 amide bonds. The normalized spacial score (nSPS) is 15.8. The predicted molar refractivity (Wildman–Crippen MR) is 156 cm³/mol. The number of carbonyl (C=O) groups is 1. The molecule has 1 saturated heterocycles. The van der Waals surface area contributed by atoms with E-state index < -0.39 is 32.9 Å². The van der Waals surface area contributed by atoms with Gasteiger partial charge >= 0.3 is 0 Å². The Kier molecular flexibility index (Phi) is 6.34. The van der Waals surface area contributed by atoms with Crippen molar-refractivity contribution >= 4 is 38.2 Å². The maximum Gasteiger partial charge on any atom is 0.235 e. The molecule has 9 nitrogen and oxygen atoms in total. The number of sulfonamides is 1. The maximum atomic E-state index is 15.1. The lowest BCUT2D eigenvalue weighted by atomic mass is 9.96. The zero-order chi connectivity index (χ0) is 30.0. The number of H-pyrrole nitrogens is 1. The Labute approximate surface area is 240 Å². The number of carbonyl (C=O) groups excluding carboxylic acids is 1. The van der Waals surface area contributed by atoms with E-state index in [1.165, 1.54) is 41.2 Å². The minimum atomic E-state index is -3.68. The van der Waals surface area contributed by atoms with Crippen LogP contribution >= 0.6 is 0 Å². The van der Waals surface area contributed by atoms with Gasteiger partial charge in [0.2, 0.25) is 15.8 Å². The molecule has 3 heterocycles. The summed E-state index contributed by atoms with van der Waals surface area (Å²) in [4.78, 5) is 16.4. The number of hydrogen-bond acceptors (Lipinski definition) is 6. The zero-order valence-corrected chi connectivity index (χ0v) is 23.8. The van der Waals surface area contributed by atoms with Crippen molar-refractivity contribution in [3.8, 4) is 17.2 Å². The molecule has 42 heavy (non-hydrogen) atoms. The molecule has 0 saturated carbocycles. The molecule has 1 fully saturated rings. The van der Waals surface area contributed by atoms with Gasteiger partial charge in [0.05, 0.1) is 34.6 Å². The van der Waals surface area contributed by atoms with E-state index in [-0.39, 0.29) is 40.8 Å². The molecule has 0 atom stereocenters. The van der Waals surface area contributed by atoms with Gasteiger partial charge in [0.1, 0.15) is 17.4 Å². The molecule has 6 rings (SSSR count). The van der Waals surface area contributed by atoms with Crippen molar-refractivity contribution < 1.29 is 26.7 Å². The number of halogens is 2. The summed E-state index contributed by atoms with van der Waals surface area (Å²) in [5.74, 6) is -1.15. The third-order valence-electron chi connectivity index (χ3n) is 7.19. The van der Waals surface area contributed by atoms with E-state index in [1.807, 2.05) is 13.8 Å². The third-order valence-corrected chi connectivity index (χ3v) is 9.34. The van der Waals surface area contributed by atoms with Crippen molar-refractivity contribution in [3.63, 3.8) is 0 Å². The summed E-state index contributed by atoms with van der Waals surface area (Å²) in [6.07, 6.45) is 1.34. The number of hydrogen-bond donors (Lipinski definition) is 2. The monoisotopic (exact) mass is 591 g/mol. The maximum absolute atomic E-state index is 15.1. The average Bonchev–Trinajstić information content (AvgIpc) is 3.56. The second-order valence-electron chi connectivity index (χ2n) is 11.2. The number of fused-ring (bicyclic) bond motifs is 1. The van der Waals surface area contributed by atoms with Crippen molar-refractivity contribution in [1.82, 2.24) is 14.8 Å². The Morgan fingerprint density at radius 1 is 1.05 bits per heavy atom. The van der Waals surface area contributed by atoms with Gasteiger partial charge in [-0.15, -0.1) is 0 Å². The molecule has 0 bridgehead atoms. The Morgan fingerprint density at radius 3 is 2.50 bits per heavy atom. The molecule has 3 N–H and O–H groups in total. The minimum Gasteiger partial charge on any atom is -0.454 e. The van der Waals surface area contributed by atoms with Crippen LogP contribution in [0.3, 0.4) is 0 Å². The van der Waals surface area contributed by atoms with E-state index in [9.17, 15) is 17.6 Å². The standard InChI is InChI=1S/C30H27F2N5O4S/c1-17-10-19(41-27-7-5-4-6-21(27)31)8-9-25(17)37-29(33)20(14-34-37)28(38)24-12-18-11-22(32)26(13-23(18)35-24)36-15-30(2,3)16-42(36,39)40/h4-14,35H,15-16,33H2,1-3H3. The van der Waals surface area contributed by atoms with Crippen LogP contribution in [0, 0.1) is 24.0 Å². The van der Waals surface area contributed by atoms with Gasteiger partial charge in [-0.3, -0.25) is 9.10 Å². The Bertz CT molecular complexity index is 2000. The van der Waals surface area contributed by atoms with Gasteiger partial charge < -0.3 is 15.5 Å². The van der Waals surface area contributed by atoms with Crippen molar-refractivity contribution in [2.75, 3.05) is 22.3 Å². The van der Waals surface area contributed by atoms with Crippen LogP contribution in [-0.2, 0) is 10.0 Å². The Morgan fingerprint density at radius 2 is 1.81 bits per heavy atom. The highest BCUT2D eigenvalue weighted by Gasteiger charge is 2.42. The molecule has 0 aliphatic carbocycles. The summed E-state index contributed by atoms with van der Waals surface area (Å²) in [5, 5.41) is 4.71. The topological polar surface area (TPSA) is 123 Å². The second-order valence-corrected chi connectivity index (χ2v) is 13.1. The molecule has 12 heteroatoms. The average molecular weight is 592 g/mol. The number of nitrogens with two attached hydrogens (primary N) is 1. The van der Waals surface area contributed by atoms with Crippen LogP contribution in [0.1, 0.15) is 35.5 Å². The van der Waals surface area contributed by atoms with Crippen molar-refractivity contribution in [2.24, 2.45) is 5.41 Å². The first-order valence-electron chi connectivity index (χ1n) is 13.1. The molecule has 2 aromatic heterocycles. The van der Waals surface area contributed by atoms with Crippen LogP contribution in [0.15, 0.2) is 66.9 Å². The van der Waals surface area contributed by atoms with E-state index in [4.69, 9.17) is 10.5 Å². The molecule has 0 unspecified atom stereocenters. The van der Waals surface area contributed by atoms with Crippen molar-refractivity contribution in [2.45, 2.75) is 20.8 Å². The van der Waals surface area contributed by atoms with Gasteiger partial charge in [0.15, 0.2) is 11.6 Å². The lowest BCUT2D eigenvalue weighted by molar-refractivity contribution is 0.103. The number of nitrogens with one attached hydrogen (secondary N) is 1. The lowest BCUT2D eigenvalue weighted by Gasteiger charge is -2.20. The molecule has 0 spiro atoms. The molecule has 5 aromatic rings. The number of anilines is 2. The van der Waals surface area contributed by atoms with Gasteiger partial charge in [0.25, 0.3) is 0 Å². The summed E-state index contributed by atoms with van der Waals surface area (Å²) >= 11 is 0. The number of rotatable bonds is 6. The SMILES string of the molecule is Cc1cc(Oc2ccccc2F)ccc1-n1ncc(C(=O)c2cc3cc(F)c(N4CC(C)(C)CS4(=O)=O)cc3[nH]2)c1N. The molecule has 3 aromatic carbocycles. The summed E-state index contributed by atoms with van der Waals surface area (Å²) in [6.45, 7) is 5.58. The predicted octanol–water partition coefficient (Wildman–Crippen LogP) is 5.72. The third kappa shape index (κ3) is 4.77. The largest absolute Gasteiger partial charge is 0.454 e. The van der Waals surface area contributed by atoms with Gasteiger partial charge in [-0.25, -0.2) is 21.9 Å². The van der Waals surface area contributed by atoms with Gasteiger partial charge in [-0.05, 0) is 66.4 Å². The first-order chi connectivity index (χ1) is 19.8. The number of ether oxygens (including phenoxy) is 1. The van der Waals surface area contributed by atoms with Crippen LogP contribution in [0.25, 0.3) is 16.6 Å². The zero-order valence-electron chi connectivity index (χ0n) is 23.0. The first-order valence-corrected chi connectivity index (χ1v) is 14.7. The van der Waals surface area contributed by atoms with Crippen LogP contribution in [0.2, 0.25) is 0 Å². The summed E-state index contributed by atoms with van der Waals surface area (Å²) < 4.78 is 62.7. The highest BCUT2D eigenvalue weighted by Crippen LogP contribution is 2.37. The van der Waals surface area contributed by atoms with Crippen LogP contribution < -0.4 is 14.8 Å². The first kappa shape index (κ1) is 27.5. The van der Waals surface area contributed by atoms with Crippen LogP contribution in [-0.4, -0.2) is 41.3 Å². The summed E-state index contributed by atoms with van der Waals surface area (Å²) in [7, 11) is -3.68. The molecule has 1 aliphatic heterocycles. The van der Waals surface area contributed by atoms with E-state index in [1.54, 1.807) is 37.3 Å². The van der Waals surface area contributed by atoms with E-state index in [0.717, 1.165) is 4.31 Å². The molecule has 0 radical (unpaired) electrons. The minimum absolute atomic E-state index is 0.0702. The molecule has 216 valence electrons.